The van der Waals surface area contributed by atoms with Crippen LogP contribution in [0.4, 0.5) is 0 Å². The molecule has 1 aliphatic rings. The van der Waals surface area contributed by atoms with Crippen molar-refractivity contribution in [2.75, 3.05) is 39.8 Å². The number of carbonyl (C=O) groups excluding carboxylic acids is 10. The van der Waals surface area contributed by atoms with Gasteiger partial charge in [0, 0.05) is 33.6 Å². The Balaban J connectivity index is 3.30. The molecule has 1 saturated heterocycles. The van der Waals surface area contributed by atoms with Crippen LogP contribution in [0.2, 0.25) is 0 Å². The molecular formula is C46H83N13O11. The first kappa shape index (κ1) is 61.9. The van der Waals surface area contributed by atoms with Gasteiger partial charge in [0.05, 0.1) is 19.2 Å². The van der Waals surface area contributed by atoms with E-state index < -0.39 is 120 Å². The fourth-order valence-corrected chi connectivity index (χ4v) is 7.51. The van der Waals surface area contributed by atoms with Gasteiger partial charge in [-0.15, -0.1) is 0 Å². The second kappa shape index (κ2) is 31.2. The minimum Gasteiger partial charge on any atom is -0.391 e. The highest BCUT2D eigenvalue weighted by Gasteiger charge is 2.40. The summed E-state index contributed by atoms with van der Waals surface area (Å²) in [5.41, 5.74) is 11.0. The number of aliphatic hydroxyl groups is 1. The fraction of sp³-hybridized carbons (Fsp3) is 0.761. The molecule has 0 bridgehead atoms. The van der Waals surface area contributed by atoms with Crippen molar-refractivity contribution >= 4 is 65.0 Å². The van der Waals surface area contributed by atoms with Gasteiger partial charge in [0.15, 0.2) is 5.96 Å². The highest BCUT2D eigenvalue weighted by molar-refractivity contribution is 5.98. The third-order valence-electron chi connectivity index (χ3n) is 12.2. The monoisotopic (exact) mass is 994 g/mol. The van der Waals surface area contributed by atoms with E-state index in [0.29, 0.717) is 51.6 Å². The third-order valence-corrected chi connectivity index (χ3v) is 12.2. The van der Waals surface area contributed by atoms with Gasteiger partial charge >= 0.3 is 0 Å². The van der Waals surface area contributed by atoms with Crippen molar-refractivity contribution < 1.29 is 53.1 Å². The van der Waals surface area contributed by atoms with Crippen LogP contribution in [-0.4, -0.2) is 168 Å². The molecule has 1 rings (SSSR count). The molecule has 1 heterocycles. The van der Waals surface area contributed by atoms with E-state index >= 15 is 0 Å². The maximum atomic E-state index is 14.2. The lowest BCUT2D eigenvalue weighted by Gasteiger charge is -2.32. The summed E-state index contributed by atoms with van der Waals surface area (Å²) in [6.07, 6.45) is 1.22. The van der Waals surface area contributed by atoms with Crippen LogP contribution < -0.4 is 54.0 Å². The lowest BCUT2D eigenvalue weighted by Crippen LogP contribution is -2.63. The summed E-state index contributed by atoms with van der Waals surface area (Å²) in [7, 11) is 1.42. The molecule has 10 amide bonds. The number of likely N-dealkylation sites (N-methyl/N-ethyl adjacent to an activating group) is 2. The second-order valence-corrected chi connectivity index (χ2v) is 18.4. The van der Waals surface area contributed by atoms with E-state index in [9.17, 15) is 53.1 Å². The predicted molar refractivity (Wildman–Crippen MR) is 262 cm³/mol. The van der Waals surface area contributed by atoms with Gasteiger partial charge < -0.3 is 68.9 Å². The first-order chi connectivity index (χ1) is 32.8. The van der Waals surface area contributed by atoms with E-state index in [-0.39, 0.29) is 43.7 Å². The van der Waals surface area contributed by atoms with Crippen molar-refractivity contribution in [3.63, 3.8) is 0 Å². The smallest absolute Gasteiger partial charge is 0.245 e. The van der Waals surface area contributed by atoms with Gasteiger partial charge in [-0.1, -0.05) is 67.7 Å². The molecule has 0 radical (unpaired) electrons. The van der Waals surface area contributed by atoms with Crippen LogP contribution in [0.25, 0.3) is 0 Å². The number of nitrogens with two attached hydrogens (primary N) is 2. The summed E-state index contributed by atoms with van der Waals surface area (Å²) in [5.74, 6) is -7.96. The van der Waals surface area contributed by atoms with Crippen LogP contribution in [0.15, 0.2) is 4.99 Å². The van der Waals surface area contributed by atoms with Gasteiger partial charge in [0.25, 0.3) is 0 Å². The molecule has 0 saturated carbocycles. The molecule has 13 N–H and O–H groups in total. The fourth-order valence-electron chi connectivity index (χ4n) is 7.51. The summed E-state index contributed by atoms with van der Waals surface area (Å²) in [5, 5.41) is 31.9. The number of likely N-dealkylation sites (tertiary alicyclic amines) is 1. The lowest BCUT2D eigenvalue weighted by atomic mass is 9.95. The van der Waals surface area contributed by atoms with E-state index in [1.807, 2.05) is 6.92 Å². The zero-order valence-electron chi connectivity index (χ0n) is 43.1. The Bertz CT molecular complexity index is 1830. The predicted octanol–water partition coefficient (Wildman–Crippen LogP) is -2.40. The van der Waals surface area contributed by atoms with E-state index in [2.05, 4.69) is 47.5 Å². The molecule has 0 aromatic carbocycles. The molecule has 70 heavy (non-hydrogen) atoms. The number of hydrogen-bond donors (Lipinski definition) is 11. The van der Waals surface area contributed by atoms with Crippen molar-refractivity contribution in [1.82, 2.24) is 52.3 Å². The largest absolute Gasteiger partial charge is 0.391 e. The number of hydrogen-bond acceptors (Lipinski definition) is 12. The zero-order chi connectivity index (χ0) is 53.4. The number of nitrogens with zero attached hydrogens (tertiary/aromatic N) is 3. The van der Waals surface area contributed by atoms with Crippen molar-refractivity contribution in [2.45, 2.75) is 169 Å². The van der Waals surface area contributed by atoms with Crippen LogP contribution in [-0.2, 0) is 47.9 Å². The average Bonchev–Trinajstić information content (AvgIpc) is 3.80. The first-order valence-corrected chi connectivity index (χ1v) is 24.5. The van der Waals surface area contributed by atoms with Crippen LogP contribution >= 0.6 is 0 Å². The van der Waals surface area contributed by atoms with Crippen molar-refractivity contribution in [1.29, 1.82) is 0 Å². The van der Waals surface area contributed by atoms with Gasteiger partial charge in [-0.3, -0.25) is 52.9 Å². The summed E-state index contributed by atoms with van der Waals surface area (Å²) in [4.78, 5) is 140. The molecule has 0 spiro atoms. The Morgan fingerprint density at radius 2 is 1.21 bits per heavy atom. The van der Waals surface area contributed by atoms with Gasteiger partial charge in [-0.25, -0.2) is 0 Å². The number of aliphatic imine (C=N–C) groups is 1. The number of guanidine groups is 1. The van der Waals surface area contributed by atoms with Crippen LogP contribution in [0.5, 0.6) is 0 Å². The number of nitrogens with one attached hydrogen (secondary N) is 8. The summed E-state index contributed by atoms with van der Waals surface area (Å²) in [6.45, 7) is 16.5. The first-order valence-electron chi connectivity index (χ1n) is 24.5. The number of aliphatic hydroxyl groups excluding tert-OH is 1. The van der Waals surface area contributed by atoms with Crippen molar-refractivity contribution in [3.8, 4) is 0 Å². The average molecular weight is 994 g/mol. The summed E-state index contributed by atoms with van der Waals surface area (Å²) < 4.78 is 0. The minimum atomic E-state index is -1.62. The molecule has 0 aliphatic carbocycles. The maximum Gasteiger partial charge on any atom is 0.245 e. The molecule has 1 fully saturated rings. The van der Waals surface area contributed by atoms with Gasteiger partial charge in [0.2, 0.25) is 59.1 Å². The second-order valence-electron chi connectivity index (χ2n) is 18.4. The molecule has 398 valence electrons. The molecule has 24 heteroatoms. The van der Waals surface area contributed by atoms with E-state index in [1.54, 1.807) is 48.5 Å². The van der Waals surface area contributed by atoms with E-state index in [1.165, 1.54) is 25.8 Å². The number of carbonyl (C=O) groups is 10. The highest BCUT2D eigenvalue weighted by Crippen LogP contribution is 2.21. The Morgan fingerprint density at radius 1 is 0.686 bits per heavy atom. The third kappa shape index (κ3) is 20.5. The van der Waals surface area contributed by atoms with Gasteiger partial charge in [-0.2, -0.15) is 0 Å². The molecule has 1 aliphatic heterocycles. The Labute approximate surface area is 412 Å². The van der Waals surface area contributed by atoms with Crippen LogP contribution in [0.1, 0.15) is 121 Å². The zero-order valence-corrected chi connectivity index (χ0v) is 43.1. The maximum absolute atomic E-state index is 14.2. The SMILES string of the molecule is CCC[C@H](NC(=O)[C@@H](NC(=O)[C@@H](NC(=O)[C@@H](NC(=O)CNC(=O)CN(C)C(C)=O)C(C)C)[C@@H](C)CC)[C@@H](C)O)C(=O)N[C@H](C(=O)N[C@@H](CCCN=C(N)N)C(=O)N1CCC[C@H]1C(=O)NCC)[C@@H](C)CC. The normalized spacial score (nSPS) is 17.1. The van der Waals surface area contributed by atoms with Crippen LogP contribution in [0, 0.1) is 17.8 Å². The summed E-state index contributed by atoms with van der Waals surface area (Å²) in [6, 6.07) is -8.31. The van der Waals surface area contributed by atoms with Gasteiger partial charge in [-0.05, 0) is 63.7 Å². The minimum absolute atomic E-state index is 0.0853. The van der Waals surface area contributed by atoms with Crippen molar-refractivity contribution in [3.05, 3.63) is 0 Å². The van der Waals surface area contributed by atoms with Crippen molar-refractivity contribution in [2.24, 2.45) is 34.2 Å². The highest BCUT2D eigenvalue weighted by atomic mass is 16.3. The Morgan fingerprint density at radius 3 is 1.73 bits per heavy atom. The van der Waals surface area contributed by atoms with E-state index in [4.69, 9.17) is 11.5 Å². The summed E-state index contributed by atoms with van der Waals surface area (Å²) >= 11 is 0. The Kier molecular flexibility index (Phi) is 27.6. The van der Waals surface area contributed by atoms with Crippen LogP contribution in [0.3, 0.4) is 0 Å². The molecule has 10 atom stereocenters. The standard InChI is InChI=1S/C46H83N13O11/c1-12-18-30(39(64)55-36(26(7)13-2)42(67)53-31(19-16-21-50-46(47)48)45(70)59-22-17-20-32(59)40(65)49-15-4)52-44(69)38(28(9)60)57-43(68)37(27(8)14-3)56-41(66)35(25(5)6)54-33(62)23-51-34(63)24-58(11)29(10)61/h25-28,30-32,35-38,60H,12-24H2,1-11H3,(H,49,65)(H,51,63)(H,52,69)(H,53,67)(H,54,62)(H,55,64)(H,56,66)(H,57,68)(H4,47,48,50)/t26-,27-,28+,30-,31-,32-,35-,36-,37-,38-/m0/s1. The molecule has 0 unspecified atom stereocenters. The Hall–Kier alpha value is -6.07. The number of rotatable bonds is 30. The topological polar surface area (TPSA) is 358 Å². The van der Waals surface area contributed by atoms with E-state index in [0.717, 1.165) is 4.90 Å². The molecule has 0 aromatic heterocycles. The quantitative estimate of drug-likeness (QED) is 0.0203. The lowest BCUT2D eigenvalue weighted by molar-refractivity contribution is -0.142. The molecule has 24 nitrogen and oxygen atoms in total. The van der Waals surface area contributed by atoms with Gasteiger partial charge in [0.1, 0.15) is 42.3 Å². The molecular weight excluding hydrogens is 911 g/mol. The molecule has 0 aromatic rings. The number of amides is 10.